The number of anilines is 1. The van der Waals surface area contributed by atoms with Gasteiger partial charge in [0.15, 0.2) is 26.5 Å². The molecule has 182 valence electrons. The molecule has 1 aliphatic heterocycles. The largest absolute Gasteiger partial charge is 0.493 e. The summed E-state index contributed by atoms with van der Waals surface area (Å²) in [6.07, 6.45) is 1.79. The molecule has 0 bridgehead atoms. The maximum Gasteiger partial charge on any atom is 0.203 e. The van der Waals surface area contributed by atoms with E-state index in [2.05, 4.69) is 20.8 Å². The summed E-state index contributed by atoms with van der Waals surface area (Å²) in [5, 5.41) is 2.58. The van der Waals surface area contributed by atoms with Crippen LogP contribution in [-0.2, 0) is 16.3 Å². The summed E-state index contributed by atoms with van der Waals surface area (Å²) in [7, 11) is 1.43. The highest BCUT2D eigenvalue weighted by atomic mass is 79.9. The molecule has 1 fully saturated rings. The van der Waals surface area contributed by atoms with Crippen LogP contribution in [0.5, 0.6) is 17.2 Å². The first-order chi connectivity index (χ1) is 16.3. The minimum atomic E-state index is -3.35. The van der Waals surface area contributed by atoms with Crippen LogP contribution in [0.1, 0.15) is 24.1 Å². The second kappa shape index (κ2) is 10.5. The fraction of sp³-hybridized carbons (Fsp3) is 0.375. The SMILES string of the molecule is COc1cc(Cc2csc(N3CCC(S(=O)(=O)c4cccc(Br)c4)CC3)n2)cc(OC)c1OC. The van der Waals surface area contributed by atoms with Gasteiger partial charge in [-0.25, -0.2) is 13.4 Å². The van der Waals surface area contributed by atoms with E-state index in [1.54, 1.807) is 50.9 Å². The number of rotatable bonds is 8. The van der Waals surface area contributed by atoms with E-state index in [4.69, 9.17) is 19.2 Å². The van der Waals surface area contributed by atoms with Gasteiger partial charge in [0.25, 0.3) is 0 Å². The molecule has 10 heteroatoms. The lowest BCUT2D eigenvalue weighted by molar-refractivity contribution is 0.324. The third kappa shape index (κ3) is 5.18. The van der Waals surface area contributed by atoms with Crippen molar-refractivity contribution in [2.45, 2.75) is 29.4 Å². The molecule has 34 heavy (non-hydrogen) atoms. The highest BCUT2D eigenvalue weighted by Crippen LogP contribution is 2.39. The Morgan fingerprint density at radius 2 is 1.74 bits per heavy atom. The second-order valence-corrected chi connectivity index (χ2v) is 12.0. The van der Waals surface area contributed by atoms with Gasteiger partial charge in [-0.15, -0.1) is 11.3 Å². The quantitative estimate of drug-likeness (QED) is 0.381. The number of hydrogen-bond donors (Lipinski definition) is 0. The minimum Gasteiger partial charge on any atom is -0.493 e. The average molecular weight is 568 g/mol. The summed E-state index contributed by atoms with van der Waals surface area (Å²) in [5.74, 6) is 1.79. The van der Waals surface area contributed by atoms with Gasteiger partial charge >= 0.3 is 0 Å². The Hall–Kier alpha value is -2.30. The van der Waals surface area contributed by atoms with Crippen molar-refractivity contribution in [2.24, 2.45) is 0 Å². The standard InChI is InChI=1S/C24H27BrN2O5S2/c1-30-21-12-16(13-22(31-2)23(21)32-3)11-18-15-33-24(26-18)27-9-7-19(8-10-27)34(28,29)20-6-4-5-17(25)14-20/h4-6,12-15,19H,7-11H2,1-3H3. The van der Waals surface area contributed by atoms with E-state index in [0.29, 0.717) is 54.5 Å². The Morgan fingerprint density at radius 1 is 1.06 bits per heavy atom. The van der Waals surface area contributed by atoms with Gasteiger partial charge < -0.3 is 19.1 Å². The lowest BCUT2D eigenvalue weighted by atomic mass is 10.1. The maximum absolute atomic E-state index is 13.1. The predicted molar refractivity (Wildman–Crippen MR) is 138 cm³/mol. The molecular formula is C24H27BrN2O5S2. The topological polar surface area (TPSA) is 78.0 Å². The molecule has 0 unspecified atom stereocenters. The number of methoxy groups -OCH3 is 3. The summed E-state index contributed by atoms with van der Waals surface area (Å²) in [6.45, 7) is 1.32. The molecule has 3 aromatic rings. The van der Waals surface area contributed by atoms with Crippen LogP contribution in [0.25, 0.3) is 0 Å². The second-order valence-electron chi connectivity index (χ2n) is 8.02. The van der Waals surface area contributed by atoms with Gasteiger partial charge in [-0.1, -0.05) is 22.0 Å². The summed E-state index contributed by atoms with van der Waals surface area (Å²) in [6, 6.07) is 10.8. The molecule has 0 amide bonds. The lowest BCUT2D eigenvalue weighted by Crippen LogP contribution is -2.39. The number of hydrogen-bond acceptors (Lipinski definition) is 8. The number of halogens is 1. The van der Waals surface area contributed by atoms with Crippen LogP contribution in [0.15, 0.2) is 51.1 Å². The number of benzene rings is 2. The molecule has 1 saturated heterocycles. The van der Waals surface area contributed by atoms with E-state index in [1.165, 1.54) is 0 Å². The number of thiazole rings is 1. The zero-order valence-corrected chi connectivity index (χ0v) is 22.5. The third-order valence-corrected chi connectivity index (χ3v) is 9.63. The van der Waals surface area contributed by atoms with E-state index in [9.17, 15) is 8.42 Å². The first kappa shape index (κ1) is 24.8. The summed E-state index contributed by atoms with van der Waals surface area (Å²) >= 11 is 4.95. The highest BCUT2D eigenvalue weighted by molar-refractivity contribution is 9.10. The monoisotopic (exact) mass is 566 g/mol. The van der Waals surface area contributed by atoms with E-state index in [1.807, 2.05) is 23.6 Å². The van der Waals surface area contributed by atoms with Crippen molar-refractivity contribution in [1.82, 2.24) is 4.98 Å². The van der Waals surface area contributed by atoms with Crippen LogP contribution in [0.2, 0.25) is 0 Å². The van der Waals surface area contributed by atoms with Crippen LogP contribution >= 0.6 is 27.3 Å². The number of ether oxygens (including phenoxy) is 3. The summed E-state index contributed by atoms with van der Waals surface area (Å²) in [5.41, 5.74) is 1.95. The molecule has 1 aliphatic rings. The van der Waals surface area contributed by atoms with Crippen LogP contribution in [0.3, 0.4) is 0 Å². The molecule has 0 N–H and O–H groups in total. The summed E-state index contributed by atoms with van der Waals surface area (Å²) < 4.78 is 43.2. The van der Waals surface area contributed by atoms with Gasteiger partial charge in [-0.3, -0.25) is 0 Å². The van der Waals surface area contributed by atoms with Gasteiger partial charge in [0.2, 0.25) is 5.75 Å². The minimum absolute atomic E-state index is 0.377. The van der Waals surface area contributed by atoms with Gasteiger partial charge in [-0.05, 0) is 48.7 Å². The zero-order valence-electron chi connectivity index (χ0n) is 19.3. The van der Waals surface area contributed by atoms with E-state index in [0.717, 1.165) is 20.9 Å². The molecule has 4 rings (SSSR count). The smallest absolute Gasteiger partial charge is 0.203 e. The van der Waals surface area contributed by atoms with Gasteiger partial charge in [0, 0.05) is 29.4 Å². The average Bonchev–Trinajstić information content (AvgIpc) is 3.31. The highest BCUT2D eigenvalue weighted by Gasteiger charge is 2.32. The summed E-state index contributed by atoms with van der Waals surface area (Å²) in [4.78, 5) is 7.37. The Labute approximate surface area is 212 Å². The van der Waals surface area contributed by atoms with Crippen molar-refractivity contribution >= 4 is 42.2 Å². The number of aromatic nitrogens is 1. The molecule has 1 aromatic heterocycles. The first-order valence-corrected chi connectivity index (χ1v) is 14.0. The van der Waals surface area contributed by atoms with E-state index in [-0.39, 0.29) is 5.25 Å². The van der Waals surface area contributed by atoms with Crippen LogP contribution in [0.4, 0.5) is 5.13 Å². The maximum atomic E-state index is 13.1. The van der Waals surface area contributed by atoms with Crippen LogP contribution in [-0.4, -0.2) is 53.1 Å². The zero-order chi connectivity index (χ0) is 24.3. The number of piperidine rings is 1. The Bertz CT molecular complexity index is 1230. The van der Waals surface area contributed by atoms with Crippen molar-refractivity contribution in [2.75, 3.05) is 39.3 Å². The van der Waals surface area contributed by atoms with Gasteiger partial charge in [0.1, 0.15) is 0 Å². The molecule has 0 saturated carbocycles. The Morgan fingerprint density at radius 3 is 2.32 bits per heavy atom. The number of nitrogens with zero attached hydrogens (tertiary/aromatic N) is 2. The van der Waals surface area contributed by atoms with E-state index >= 15 is 0 Å². The molecule has 2 aromatic carbocycles. The lowest BCUT2D eigenvalue weighted by Gasteiger charge is -2.31. The molecule has 0 aliphatic carbocycles. The van der Waals surface area contributed by atoms with Crippen LogP contribution in [0, 0.1) is 0 Å². The first-order valence-electron chi connectivity index (χ1n) is 10.8. The van der Waals surface area contributed by atoms with Gasteiger partial charge in [0.05, 0.1) is 37.2 Å². The fourth-order valence-electron chi connectivity index (χ4n) is 4.16. The van der Waals surface area contributed by atoms with Crippen molar-refractivity contribution in [3.05, 3.63) is 57.5 Å². The molecule has 7 nitrogen and oxygen atoms in total. The van der Waals surface area contributed by atoms with Crippen molar-refractivity contribution in [1.29, 1.82) is 0 Å². The Balaban J connectivity index is 1.43. The fourth-order valence-corrected chi connectivity index (χ4v) is 7.37. The molecule has 0 atom stereocenters. The van der Waals surface area contributed by atoms with Crippen molar-refractivity contribution in [3.8, 4) is 17.2 Å². The Kier molecular flexibility index (Phi) is 7.69. The third-order valence-electron chi connectivity index (χ3n) is 5.93. The molecular weight excluding hydrogens is 540 g/mol. The molecule has 0 radical (unpaired) electrons. The van der Waals surface area contributed by atoms with Crippen molar-refractivity contribution < 1.29 is 22.6 Å². The molecule has 2 heterocycles. The van der Waals surface area contributed by atoms with E-state index < -0.39 is 9.84 Å². The normalized spacial score (nSPS) is 14.8. The van der Waals surface area contributed by atoms with Gasteiger partial charge in [-0.2, -0.15) is 0 Å². The molecule has 0 spiro atoms. The van der Waals surface area contributed by atoms with Crippen LogP contribution < -0.4 is 19.1 Å². The number of sulfone groups is 1. The predicted octanol–water partition coefficient (Wildman–Crippen LogP) is 4.96. The van der Waals surface area contributed by atoms with Crippen molar-refractivity contribution in [3.63, 3.8) is 0 Å².